The van der Waals surface area contributed by atoms with Gasteiger partial charge in [0, 0.05) is 44.7 Å². The van der Waals surface area contributed by atoms with Crippen LogP contribution in [0.4, 0.5) is 13.2 Å². The van der Waals surface area contributed by atoms with Crippen molar-refractivity contribution in [3.05, 3.63) is 143 Å². The minimum Gasteiger partial charge on any atom is -0.340 e. The first-order valence-electron chi connectivity index (χ1n) is 14.9. The third kappa shape index (κ3) is 7.37. The highest BCUT2D eigenvalue weighted by atomic mass is 19.4. The van der Waals surface area contributed by atoms with Crippen molar-refractivity contribution in [2.24, 2.45) is 0 Å². The number of nitrogens with zero attached hydrogens (tertiary/aromatic N) is 3. The van der Waals surface area contributed by atoms with Crippen LogP contribution in [0.25, 0.3) is 0 Å². The average molecular weight is 600 g/mol. The number of rotatable bonds is 9. The molecule has 0 N–H and O–H groups in total. The standard InChI is InChI=1S/C36H36F3N3O2/c1-27(28-12-5-2-6-13-28)42(35(44)31-18-11-19-32(26-31)36(37,38)39)21-20-33(43)40-22-24-41(25-23-40)34(29-14-7-3-8-15-29)30-16-9-4-10-17-30/h2-19,26-27,34H,20-25H2,1H3. The van der Waals surface area contributed by atoms with Gasteiger partial charge in [0.1, 0.15) is 0 Å². The molecule has 0 saturated carbocycles. The number of carbonyl (C=O) groups is 2. The first kappa shape index (κ1) is 31.0. The van der Waals surface area contributed by atoms with Gasteiger partial charge in [-0.2, -0.15) is 13.2 Å². The Morgan fingerprint density at radius 2 is 1.25 bits per heavy atom. The molecule has 0 aliphatic carbocycles. The van der Waals surface area contributed by atoms with Gasteiger partial charge in [0.05, 0.1) is 17.6 Å². The lowest BCUT2D eigenvalue weighted by Gasteiger charge is -2.40. The fourth-order valence-corrected chi connectivity index (χ4v) is 5.87. The molecule has 8 heteroatoms. The second-order valence-corrected chi connectivity index (χ2v) is 11.1. The van der Waals surface area contributed by atoms with Crippen LogP contribution in [-0.2, 0) is 11.0 Å². The van der Waals surface area contributed by atoms with Crippen molar-refractivity contribution >= 4 is 11.8 Å². The van der Waals surface area contributed by atoms with E-state index in [1.165, 1.54) is 28.2 Å². The summed E-state index contributed by atoms with van der Waals surface area (Å²) >= 11 is 0. The van der Waals surface area contributed by atoms with Crippen molar-refractivity contribution < 1.29 is 22.8 Å². The van der Waals surface area contributed by atoms with E-state index in [1.807, 2.05) is 78.6 Å². The lowest BCUT2D eigenvalue weighted by Crippen LogP contribution is -2.50. The van der Waals surface area contributed by atoms with Gasteiger partial charge in [-0.15, -0.1) is 0 Å². The predicted molar refractivity (Wildman–Crippen MR) is 165 cm³/mol. The van der Waals surface area contributed by atoms with Crippen molar-refractivity contribution in [2.75, 3.05) is 32.7 Å². The molecule has 5 nitrogen and oxygen atoms in total. The van der Waals surface area contributed by atoms with E-state index in [1.54, 1.807) is 0 Å². The Morgan fingerprint density at radius 1 is 0.727 bits per heavy atom. The molecule has 0 bridgehead atoms. The molecule has 2 amide bonds. The topological polar surface area (TPSA) is 43.9 Å². The maximum atomic E-state index is 13.6. The van der Waals surface area contributed by atoms with E-state index >= 15 is 0 Å². The summed E-state index contributed by atoms with van der Waals surface area (Å²) in [5, 5.41) is 0. The van der Waals surface area contributed by atoms with Crippen LogP contribution in [0.3, 0.4) is 0 Å². The van der Waals surface area contributed by atoms with E-state index in [0.29, 0.717) is 26.2 Å². The predicted octanol–water partition coefficient (Wildman–Crippen LogP) is 7.23. The lowest BCUT2D eigenvalue weighted by atomic mass is 9.96. The van der Waals surface area contributed by atoms with E-state index in [-0.39, 0.29) is 30.5 Å². The fourth-order valence-electron chi connectivity index (χ4n) is 5.87. The molecule has 4 aromatic rings. The Kier molecular flexibility index (Phi) is 9.80. The Labute approximate surface area is 256 Å². The molecule has 1 heterocycles. The summed E-state index contributed by atoms with van der Waals surface area (Å²) in [5.74, 6) is -0.624. The van der Waals surface area contributed by atoms with Crippen LogP contribution < -0.4 is 0 Å². The number of carbonyl (C=O) groups excluding carboxylic acids is 2. The normalized spacial score (nSPS) is 14.8. The summed E-state index contributed by atoms with van der Waals surface area (Å²) in [6.07, 6.45) is -4.49. The summed E-state index contributed by atoms with van der Waals surface area (Å²) in [6, 6.07) is 34.0. The van der Waals surface area contributed by atoms with E-state index < -0.39 is 23.7 Å². The van der Waals surface area contributed by atoms with Crippen LogP contribution in [0.15, 0.2) is 115 Å². The molecule has 0 spiro atoms. The van der Waals surface area contributed by atoms with Gasteiger partial charge in [-0.25, -0.2) is 0 Å². The lowest BCUT2D eigenvalue weighted by molar-refractivity contribution is -0.137. The number of alkyl halides is 3. The summed E-state index contributed by atoms with van der Waals surface area (Å²) in [6.45, 7) is 4.38. The van der Waals surface area contributed by atoms with Crippen molar-refractivity contribution in [3.63, 3.8) is 0 Å². The van der Waals surface area contributed by atoms with E-state index in [0.717, 1.165) is 17.7 Å². The molecule has 1 atom stereocenters. The number of hydrogen-bond donors (Lipinski definition) is 0. The number of piperazine rings is 1. The molecule has 1 unspecified atom stereocenters. The van der Waals surface area contributed by atoms with Crippen LogP contribution in [0.2, 0.25) is 0 Å². The molecule has 4 aromatic carbocycles. The summed E-state index contributed by atoms with van der Waals surface area (Å²) in [4.78, 5) is 32.8. The molecule has 44 heavy (non-hydrogen) atoms. The maximum absolute atomic E-state index is 13.6. The molecular weight excluding hydrogens is 563 g/mol. The van der Waals surface area contributed by atoms with Crippen LogP contribution >= 0.6 is 0 Å². The van der Waals surface area contributed by atoms with Crippen LogP contribution in [0, 0.1) is 0 Å². The van der Waals surface area contributed by atoms with Gasteiger partial charge in [0.25, 0.3) is 5.91 Å². The van der Waals surface area contributed by atoms with Gasteiger partial charge < -0.3 is 9.80 Å². The van der Waals surface area contributed by atoms with Crippen molar-refractivity contribution in [2.45, 2.75) is 31.6 Å². The molecule has 0 radical (unpaired) electrons. The zero-order valence-corrected chi connectivity index (χ0v) is 24.7. The maximum Gasteiger partial charge on any atom is 0.416 e. The molecule has 1 fully saturated rings. The first-order chi connectivity index (χ1) is 21.2. The SMILES string of the molecule is CC(c1ccccc1)N(CCC(=O)N1CCN(C(c2ccccc2)c2ccccc2)CC1)C(=O)c1cccc(C(F)(F)F)c1. The average Bonchev–Trinajstić information content (AvgIpc) is 3.06. The highest BCUT2D eigenvalue weighted by molar-refractivity contribution is 5.95. The second kappa shape index (κ2) is 13.9. The third-order valence-electron chi connectivity index (χ3n) is 8.28. The monoisotopic (exact) mass is 599 g/mol. The molecule has 228 valence electrons. The number of halogens is 3. The number of hydrogen-bond acceptors (Lipinski definition) is 3. The highest BCUT2D eigenvalue weighted by Gasteiger charge is 2.33. The first-order valence-corrected chi connectivity index (χ1v) is 14.9. The van der Waals surface area contributed by atoms with E-state index in [2.05, 4.69) is 29.2 Å². The van der Waals surface area contributed by atoms with Crippen LogP contribution in [0.1, 0.15) is 58.0 Å². The number of amides is 2. The van der Waals surface area contributed by atoms with Crippen molar-refractivity contribution in [1.29, 1.82) is 0 Å². The second-order valence-electron chi connectivity index (χ2n) is 11.1. The van der Waals surface area contributed by atoms with Gasteiger partial charge in [-0.1, -0.05) is 97.1 Å². The highest BCUT2D eigenvalue weighted by Crippen LogP contribution is 2.32. The summed E-state index contributed by atoms with van der Waals surface area (Å²) in [5.41, 5.74) is 2.28. The van der Waals surface area contributed by atoms with Crippen LogP contribution in [-0.4, -0.2) is 59.2 Å². The summed E-state index contributed by atoms with van der Waals surface area (Å²) in [7, 11) is 0. The van der Waals surface area contributed by atoms with E-state index in [9.17, 15) is 22.8 Å². The summed E-state index contributed by atoms with van der Waals surface area (Å²) < 4.78 is 40.2. The molecular formula is C36H36F3N3O2. The minimum absolute atomic E-state index is 0.0588. The van der Waals surface area contributed by atoms with Gasteiger partial charge in [0.15, 0.2) is 0 Å². The Hall–Kier alpha value is -4.43. The van der Waals surface area contributed by atoms with Crippen LogP contribution in [0.5, 0.6) is 0 Å². The zero-order valence-electron chi connectivity index (χ0n) is 24.7. The third-order valence-corrected chi connectivity index (χ3v) is 8.28. The van der Waals surface area contributed by atoms with Crippen molar-refractivity contribution in [3.8, 4) is 0 Å². The smallest absolute Gasteiger partial charge is 0.340 e. The fraction of sp³-hybridized carbons (Fsp3) is 0.278. The van der Waals surface area contributed by atoms with E-state index in [4.69, 9.17) is 0 Å². The van der Waals surface area contributed by atoms with Gasteiger partial charge >= 0.3 is 6.18 Å². The number of benzene rings is 4. The Morgan fingerprint density at radius 3 is 1.77 bits per heavy atom. The Balaban J connectivity index is 1.28. The molecule has 5 rings (SSSR count). The molecule has 1 saturated heterocycles. The Bertz CT molecular complexity index is 1480. The molecule has 1 aliphatic rings. The largest absolute Gasteiger partial charge is 0.416 e. The molecule has 0 aromatic heterocycles. The van der Waals surface area contributed by atoms with Gasteiger partial charge in [-0.05, 0) is 41.8 Å². The van der Waals surface area contributed by atoms with Crippen molar-refractivity contribution in [1.82, 2.24) is 14.7 Å². The molecule has 1 aliphatic heterocycles. The quantitative estimate of drug-likeness (QED) is 0.204. The van der Waals surface area contributed by atoms with Gasteiger partial charge in [0.2, 0.25) is 5.91 Å². The minimum atomic E-state index is -4.57. The van der Waals surface area contributed by atoms with Gasteiger partial charge in [-0.3, -0.25) is 14.5 Å². The zero-order chi connectivity index (χ0) is 31.1.